The molecule has 0 fully saturated rings. The van der Waals surface area contributed by atoms with Crippen molar-refractivity contribution >= 4 is 22.7 Å². The standard InChI is InChI=1S/C13H8ClNO3/c14-10-5-9(17)6-11-12(10)18-13(15-11)7-1-3-8(16)4-2-7/h1-6,16-17H. The highest BCUT2D eigenvalue weighted by molar-refractivity contribution is 6.34. The summed E-state index contributed by atoms with van der Waals surface area (Å²) in [5.74, 6) is 0.598. The summed E-state index contributed by atoms with van der Waals surface area (Å²) < 4.78 is 5.54. The first-order valence-corrected chi connectivity index (χ1v) is 5.60. The van der Waals surface area contributed by atoms with Crippen LogP contribution < -0.4 is 0 Å². The molecule has 2 N–H and O–H groups in total. The van der Waals surface area contributed by atoms with Crippen LogP contribution in [0.2, 0.25) is 5.02 Å². The van der Waals surface area contributed by atoms with Crippen molar-refractivity contribution in [1.82, 2.24) is 4.98 Å². The highest BCUT2D eigenvalue weighted by Gasteiger charge is 2.12. The number of aromatic nitrogens is 1. The van der Waals surface area contributed by atoms with Gasteiger partial charge in [0.25, 0.3) is 0 Å². The van der Waals surface area contributed by atoms with Crippen LogP contribution in [-0.2, 0) is 0 Å². The summed E-state index contributed by atoms with van der Waals surface area (Å²) in [4.78, 5) is 4.24. The van der Waals surface area contributed by atoms with E-state index in [-0.39, 0.29) is 11.5 Å². The van der Waals surface area contributed by atoms with Crippen molar-refractivity contribution in [3.05, 3.63) is 41.4 Å². The van der Waals surface area contributed by atoms with Crippen molar-refractivity contribution in [1.29, 1.82) is 0 Å². The second kappa shape index (κ2) is 3.92. The zero-order valence-corrected chi connectivity index (χ0v) is 9.85. The van der Waals surface area contributed by atoms with Gasteiger partial charge in [-0.2, -0.15) is 0 Å². The molecular formula is C13H8ClNO3. The second-order valence-electron chi connectivity index (χ2n) is 3.84. The third-order valence-corrected chi connectivity index (χ3v) is 2.82. The maximum absolute atomic E-state index is 9.43. The summed E-state index contributed by atoms with van der Waals surface area (Å²) in [6, 6.07) is 9.35. The smallest absolute Gasteiger partial charge is 0.227 e. The lowest BCUT2D eigenvalue weighted by molar-refractivity contribution is 0.475. The molecule has 0 aliphatic carbocycles. The number of hydrogen-bond donors (Lipinski definition) is 2. The molecule has 0 aliphatic rings. The Hall–Kier alpha value is -2.20. The van der Waals surface area contributed by atoms with Crippen molar-refractivity contribution < 1.29 is 14.6 Å². The minimum Gasteiger partial charge on any atom is -0.508 e. The van der Waals surface area contributed by atoms with E-state index in [0.29, 0.717) is 22.0 Å². The highest BCUT2D eigenvalue weighted by atomic mass is 35.5. The SMILES string of the molecule is Oc1ccc(-c2nc3cc(O)cc(Cl)c3o2)cc1. The number of halogens is 1. The monoisotopic (exact) mass is 261 g/mol. The molecule has 0 radical (unpaired) electrons. The Labute approximate surface area is 107 Å². The van der Waals surface area contributed by atoms with Crippen molar-refractivity contribution in [2.75, 3.05) is 0 Å². The molecule has 0 saturated carbocycles. The predicted octanol–water partition coefficient (Wildman–Crippen LogP) is 3.56. The Morgan fingerprint density at radius 2 is 1.72 bits per heavy atom. The third-order valence-electron chi connectivity index (χ3n) is 2.54. The normalized spacial score (nSPS) is 10.9. The van der Waals surface area contributed by atoms with E-state index < -0.39 is 0 Å². The number of phenols is 2. The summed E-state index contributed by atoms with van der Waals surface area (Å²) in [5, 5.41) is 19.0. The molecule has 3 aromatic rings. The first-order chi connectivity index (χ1) is 8.63. The molecule has 1 heterocycles. The number of fused-ring (bicyclic) bond motifs is 1. The van der Waals surface area contributed by atoms with Gasteiger partial charge in [-0.3, -0.25) is 0 Å². The second-order valence-corrected chi connectivity index (χ2v) is 4.25. The first-order valence-electron chi connectivity index (χ1n) is 5.22. The molecule has 18 heavy (non-hydrogen) atoms. The summed E-state index contributed by atoms with van der Waals surface area (Å²) in [7, 11) is 0. The van der Waals surface area contributed by atoms with Gasteiger partial charge in [-0.15, -0.1) is 0 Å². The number of nitrogens with zero attached hydrogens (tertiary/aromatic N) is 1. The minimum atomic E-state index is 0.0399. The Morgan fingerprint density at radius 3 is 2.44 bits per heavy atom. The van der Waals surface area contributed by atoms with Crippen molar-refractivity contribution in [3.8, 4) is 23.0 Å². The van der Waals surface area contributed by atoms with Crippen LogP contribution in [0.5, 0.6) is 11.5 Å². The van der Waals surface area contributed by atoms with Crippen molar-refractivity contribution in [2.45, 2.75) is 0 Å². The summed E-state index contributed by atoms with van der Waals surface area (Å²) >= 11 is 5.95. The van der Waals surface area contributed by atoms with Gasteiger partial charge in [0, 0.05) is 17.7 Å². The Kier molecular flexibility index (Phi) is 2.38. The molecule has 1 aromatic heterocycles. The fraction of sp³-hybridized carbons (Fsp3) is 0. The van der Waals surface area contributed by atoms with Crippen molar-refractivity contribution in [3.63, 3.8) is 0 Å². The summed E-state index contributed by atoms with van der Waals surface area (Å²) in [6.07, 6.45) is 0. The molecule has 4 nitrogen and oxygen atoms in total. The van der Waals surface area contributed by atoms with Crippen LogP contribution in [0.25, 0.3) is 22.6 Å². The molecule has 0 bridgehead atoms. The molecule has 0 aliphatic heterocycles. The lowest BCUT2D eigenvalue weighted by Gasteiger charge is -1.94. The van der Waals surface area contributed by atoms with Gasteiger partial charge in [0.1, 0.15) is 17.0 Å². The van der Waals surface area contributed by atoms with Gasteiger partial charge in [0.05, 0.1) is 5.02 Å². The van der Waals surface area contributed by atoms with Gasteiger partial charge in [-0.25, -0.2) is 4.98 Å². The van der Waals surface area contributed by atoms with E-state index in [1.54, 1.807) is 24.3 Å². The van der Waals surface area contributed by atoms with Crippen LogP contribution in [0, 0.1) is 0 Å². The van der Waals surface area contributed by atoms with Crippen LogP contribution in [0.15, 0.2) is 40.8 Å². The molecule has 90 valence electrons. The quantitative estimate of drug-likeness (QED) is 0.703. The average Bonchev–Trinajstić information content (AvgIpc) is 2.74. The topological polar surface area (TPSA) is 66.5 Å². The lowest BCUT2D eigenvalue weighted by atomic mass is 10.2. The third kappa shape index (κ3) is 1.76. The lowest BCUT2D eigenvalue weighted by Crippen LogP contribution is -1.75. The van der Waals surface area contributed by atoms with Gasteiger partial charge in [0.15, 0.2) is 5.58 Å². The molecule has 0 saturated heterocycles. The summed E-state index contributed by atoms with van der Waals surface area (Å²) in [5.41, 5.74) is 1.64. The molecule has 0 spiro atoms. The predicted molar refractivity (Wildman–Crippen MR) is 67.8 cm³/mol. The number of hydrogen-bond acceptors (Lipinski definition) is 4. The zero-order valence-electron chi connectivity index (χ0n) is 9.09. The Bertz CT molecular complexity index is 719. The number of benzene rings is 2. The number of oxazole rings is 1. The van der Waals surface area contributed by atoms with Gasteiger partial charge in [0.2, 0.25) is 5.89 Å². The maximum atomic E-state index is 9.43. The minimum absolute atomic E-state index is 0.0399. The zero-order chi connectivity index (χ0) is 12.7. The van der Waals surface area contributed by atoms with E-state index in [0.717, 1.165) is 5.56 Å². The van der Waals surface area contributed by atoms with E-state index in [1.807, 2.05) is 0 Å². The Balaban J connectivity index is 2.19. The fourth-order valence-electron chi connectivity index (χ4n) is 1.71. The number of rotatable bonds is 1. The van der Waals surface area contributed by atoms with E-state index >= 15 is 0 Å². The van der Waals surface area contributed by atoms with Crippen LogP contribution in [0.4, 0.5) is 0 Å². The van der Waals surface area contributed by atoms with E-state index in [1.165, 1.54) is 12.1 Å². The number of phenolic OH excluding ortho intramolecular Hbond substituents is 2. The molecule has 3 rings (SSSR count). The van der Waals surface area contributed by atoms with Crippen LogP contribution in [0.1, 0.15) is 0 Å². The Morgan fingerprint density at radius 1 is 1.00 bits per heavy atom. The van der Waals surface area contributed by atoms with Gasteiger partial charge in [-0.1, -0.05) is 11.6 Å². The molecular weight excluding hydrogens is 254 g/mol. The van der Waals surface area contributed by atoms with E-state index in [2.05, 4.69) is 4.98 Å². The molecule has 0 atom stereocenters. The maximum Gasteiger partial charge on any atom is 0.227 e. The molecule has 0 unspecified atom stereocenters. The average molecular weight is 262 g/mol. The van der Waals surface area contributed by atoms with Gasteiger partial charge < -0.3 is 14.6 Å². The molecule has 5 heteroatoms. The molecule has 0 amide bonds. The van der Waals surface area contributed by atoms with Crippen LogP contribution in [0.3, 0.4) is 0 Å². The van der Waals surface area contributed by atoms with Gasteiger partial charge >= 0.3 is 0 Å². The number of aromatic hydroxyl groups is 2. The fourth-order valence-corrected chi connectivity index (χ4v) is 1.95. The van der Waals surface area contributed by atoms with Crippen LogP contribution >= 0.6 is 11.6 Å². The summed E-state index contributed by atoms with van der Waals surface area (Å²) in [6.45, 7) is 0. The van der Waals surface area contributed by atoms with Gasteiger partial charge in [-0.05, 0) is 24.3 Å². The largest absolute Gasteiger partial charge is 0.508 e. The van der Waals surface area contributed by atoms with E-state index in [9.17, 15) is 10.2 Å². The first kappa shape index (κ1) is 10.9. The van der Waals surface area contributed by atoms with Crippen molar-refractivity contribution in [2.24, 2.45) is 0 Å². The van der Waals surface area contributed by atoms with Crippen LogP contribution in [-0.4, -0.2) is 15.2 Å². The highest BCUT2D eigenvalue weighted by Crippen LogP contribution is 2.32. The van der Waals surface area contributed by atoms with E-state index in [4.69, 9.17) is 16.0 Å². The molecule has 2 aromatic carbocycles.